The standard InChI is InChI=1S/C19H21F2N3O5S/c1-19(5-6-30(26,27)10-19)22-17(25)12-8-14-16(28-9-12)15(24-23-14)11-3-2-4-13(7-11)29-18(20)21/h2-4,7,12,18H,5-6,8-10H2,1H3,(H,22,25)(H,23,24)/t12?,19-/m0/s1. The Kier molecular flexibility index (Phi) is 5.16. The van der Waals surface area contributed by atoms with Crippen LogP contribution < -0.4 is 14.8 Å². The molecule has 2 N–H and O–H groups in total. The second-order valence-electron chi connectivity index (χ2n) is 7.89. The number of benzene rings is 1. The number of hydrogen-bond acceptors (Lipinski definition) is 6. The maximum Gasteiger partial charge on any atom is 0.387 e. The molecule has 0 saturated carbocycles. The number of hydrogen-bond donors (Lipinski definition) is 2. The molecule has 30 heavy (non-hydrogen) atoms. The number of carbonyl (C=O) groups excluding carboxylic acids is 1. The van der Waals surface area contributed by atoms with Gasteiger partial charge in [-0.1, -0.05) is 12.1 Å². The zero-order valence-corrected chi connectivity index (χ0v) is 17.0. The minimum absolute atomic E-state index is 0.00655. The van der Waals surface area contributed by atoms with Crippen LogP contribution in [0.5, 0.6) is 11.5 Å². The number of sulfone groups is 1. The molecule has 0 spiro atoms. The maximum absolute atomic E-state index is 12.7. The Bertz CT molecular complexity index is 1070. The van der Waals surface area contributed by atoms with Crippen LogP contribution in [0.25, 0.3) is 11.3 Å². The number of rotatable bonds is 5. The van der Waals surface area contributed by atoms with E-state index >= 15 is 0 Å². The van der Waals surface area contributed by atoms with Gasteiger partial charge in [0.1, 0.15) is 18.1 Å². The number of halogens is 2. The summed E-state index contributed by atoms with van der Waals surface area (Å²) in [6.45, 7) is -1.10. The van der Waals surface area contributed by atoms with Crippen molar-refractivity contribution < 1.29 is 31.5 Å². The van der Waals surface area contributed by atoms with E-state index in [4.69, 9.17) is 4.74 Å². The average molecular weight is 441 g/mol. The van der Waals surface area contributed by atoms with Gasteiger partial charge in [-0.05, 0) is 25.5 Å². The highest BCUT2D eigenvalue weighted by molar-refractivity contribution is 7.91. The van der Waals surface area contributed by atoms with Crippen LogP contribution in [0, 0.1) is 5.92 Å². The van der Waals surface area contributed by atoms with Crippen molar-refractivity contribution in [1.82, 2.24) is 15.5 Å². The molecule has 3 heterocycles. The molecule has 1 fully saturated rings. The Balaban J connectivity index is 1.47. The molecule has 0 aliphatic carbocycles. The molecule has 2 aliphatic heterocycles. The van der Waals surface area contributed by atoms with Crippen molar-refractivity contribution in [3.05, 3.63) is 30.0 Å². The van der Waals surface area contributed by atoms with Crippen LogP contribution in [0.4, 0.5) is 8.78 Å². The van der Waals surface area contributed by atoms with Gasteiger partial charge in [0.25, 0.3) is 0 Å². The van der Waals surface area contributed by atoms with Gasteiger partial charge in [-0.25, -0.2) is 8.42 Å². The third-order valence-corrected chi connectivity index (χ3v) is 7.21. The number of nitrogens with zero attached hydrogens (tertiary/aromatic N) is 1. The highest BCUT2D eigenvalue weighted by Gasteiger charge is 2.41. The fraction of sp³-hybridized carbons (Fsp3) is 0.474. The number of aromatic nitrogens is 2. The smallest absolute Gasteiger partial charge is 0.387 e. The Morgan fingerprint density at radius 2 is 2.23 bits per heavy atom. The minimum Gasteiger partial charge on any atom is -0.488 e. The highest BCUT2D eigenvalue weighted by Crippen LogP contribution is 2.37. The van der Waals surface area contributed by atoms with E-state index in [9.17, 15) is 22.0 Å². The molecule has 11 heteroatoms. The first-order chi connectivity index (χ1) is 14.1. The summed E-state index contributed by atoms with van der Waals surface area (Å²) in [6.07, 6.45) is 0.718. The predicted molar refractivity (Wildman–Crippen MR) is 103 cm³/mol. The van der Waals surface area contributed by atoms with Gasteiger partial charge in [0.05, 0.1) is 28.7 Å². The molecule has 0 bridgehead atoms. The minimum atomic E-state index is -3.14. The van der Waals surface area contributed by atoms with Gasteiger partial charge in [0.2, 0.25) is 5.91 Å². The van der Waals surface area contributed by atoms with Crippen molar-refractivity contribution in [2.45, 2.75) is 31.9 Å². The van der Waals surface area contributed by atoms with E-state index in [-0.39, 0.29) is 29.8 Å². The Labute approximate surface area is 171 Å². The summed E-state index contributed by atoms with van der Waals surface area (Å²) in [5.74, 6) is -0.318. The van der Waals surface area contributed by atoms with Crippen LogP contribution >= 0.6 is 0 Å². The molecule has 2 atom stereocenters. The van der Waals surface area contributed by atoms with E-state index in [0.29, 0.717) is 35.5 Å². The number of H-pyrrole nitrogens is 1. The van der Waals surface area contributed by atoms with Gasteiger partial charge in [-0.2, -0.15) is 13.9 Å². The number of carbonyl (C=O) groups is 1. The third kappa shape index (κ3) is 4.25. The molecule has 1 aromatic heterocycles. The lowest BCUT2D eigenvalue weighted by molar-refractivity contribution is -0.127. The molecular weight excluding hydrogens is 420 g/mol. The van der Waals surface area contributed by atoms with E-state index in [0.717, 1.165) is 0 Å². The van der Waals surface area contributed by atoms with Crippen LogP contribution in [0.3, 0.4) is 0 Å². The van der Waals surface area contributed by atoms with Crippen LogP contribution in [0.2, 0.25) is 0 Å². The quantitative estimate of drug-likeness (QED) is 0.734. The van der Waals surface area contributed by atoms with Gasteiger partial charge < -0.3 is 14.8 Å². The molecule has 1 aromatic carbocycles. The number of amides is 1. The summed E-state index contributed by atoms with van der Waals surface area (Å²) in [5, 5.41) is 9.92. The highest BCUT2D eigenvalue weighted by atomic mass is 32.2. The third-order valence-electron chi connectivity index (χ3n) is 5.30. The average Bonchev–Trinajstić information content (AvgIpc) is 3.20. The van der Waals surface area contributed by atoms with Gasteiger partial charge in [-0.15, -0.1) is 0 Å². The van der Waals surface area contributed by atoms with Gasteiger partial charge in [0, 0.05) is 12.0 Å². The molecule has 162 valence electrons. The van der Waals surface area contributed by atoms with Gasteiger partial charge in [0.15, 0.2) is 15.6 Å². The number of nitrogens with one attached hydrogen (secondary N) is 2. The molecular formula is C19H21F2N3O5S. The summed E-state index contributed by atoms with van der Waals surface area (Å²) in [5.41, 5.74) is 0.816. The van der Waals surface area contributed by atoms with Gasteiger partial charge in [-0.3, -0.25) is 9.89 Å². The Hall–Kier alpha value is -2.69. The zero-order valence-electron chi connectivity index (χ0n) is 16.2. The number of fused-ring (bicyclic) bond motifs is 1. The lowest BCUT2D eigenvalue weighted by Gasteiger charge is -2.28. The van der Waals surface area contributed by atoms with E-state index in [1.807, 2.05) is 0 Å². The summed E-state index contributed by atoms with van der Waals surface area (Å²) in [4.78, 5) is 12.7. The molecule has 1 unspecified atom stereocenters. The van der Waals surface area contributed by atoms with Crippen molar-refractivity contribution in [2.75, 3.05) is 18.1 Å². The van der Waals surface area contributed by atoms with E-state index in [2.05, 4.69) is 20.3 Å². The summed E-state index contributed by atoms with van der Waals surface area (Å²) >= 11 is 0. The second-order valence-corrected chi connectivity index (χ2v) is 10.1. The molecule has 2 aliphatic rings. The summed E-state index contributed by atoms with van der Waals surface area (Å²) in [6, 6.07) is 6.12. The van der Waals surface area contributed by atoms with Crippen molar-refractivity contribution in [2.24, 2.45) is 5.92 Å². The second kappa shape index (κ2) is 7.53. The van der Waals surface area contributed by atoms with Crippen LogP contribution in [-0.2, 0) is 21.1 Å². The van der Waals surface area contributed by atoms with E-state index in [1.165, 1.54) is 12.1 Å². The largest absolute Gasteiger partial charge is 0.488 e. The van der Waals surface area contributed by atoms with Crippen LogP contribution in [0.15, 0.2) is 24.3 Å². The van der Waals surface area contributed by atoms with Crippen molar-refractivity contribution in [1.29, 1.82) is 0 Å². The molecule has 2 aromatic rings. The number of alkyl halides is 2. The first-order valence-corrected chi connectivity index (χ1v) is 11.2. The first kappa shape index (κ1) is 20.6. The first-order valence-electron chi connectivity index (χ1n) is 9.42. The number of ether oxygens (including phenoxy) is 2. The van der Waals surface area contributed by atoms with Gasteiger partial charge >= 0.3 is 6.61 Å². The number of aromatic amines is 1. The molecule has 8 nitrogen and oxygen atoms in total. The Morgan fingerprint density at radius 3 is 2.93 bits per heavy atom. The van der Waals surface area contributed by atoms with Crippen LogP contribution in [-0.4, -0.2) is 54.8 Å². The SMILES string of the molecule is C[C@]1(NC(=O)C2COc3c(-c4cccc(OC(F)F)c4)n[nH]c3C2)CCS(=O)(=O)C1. The molecule has 4 rings (SSSR count). The Morgan fingerprint density at radius 1 is 1.43 bits per heavy atom. The molecule has 1 amide bonds. The maximum atomic E-state index is 12.7. The normalized spacial score (nSPS) is 24.9. The molecule has 0 radical (unpaired) electrons. The van der Waals surface area contributed by atoms with Crippen LogP contribution in [0.1, 0.15) is 19.0 Å². The van der Waals surface area contributed by atoms with Crippen molar-refractivity contribution in [3.63, 3.8) is 0 Å². The van der Waals surface area contributed by atoms with Crippen molar-refractivity contribution in [3.8, 4) is 22.8 Å². The zero-order chi connectivity index (χ0) is 21.5. The summed E-state index contributed by atoms with van der Waals surface area (Å²) < 4.78 is 58.6. The monoisotopic (exact) mass is 441 g/mol. The summed E-state index contributed by atoms with van der Waals surface area (Å²) in [7, 11) is -3.14. The van der Waals surface area contributed by atoms with Crippen molar-refractivity contribution >= 4 is 15.7 Å². The topological polar surface area (TPSA) is 110 Å². The van der Waals surface area contributed by atoms with E-state index < -0.39 is 27.9 Å². The van der Waals surface area contributed by atoms with E-state index in [1.54, 1.807) is 19.1 Å². The fourth-order valence-corrected chi connectivity index (χ4v) is 5.94. The lowest BCUT2D eigenvalue weighted by atomic mass is 9.96. The lowest BCUT2D eigenvalue weighted by Crippen LogP contribution is -2.50. The molecule has 1 saturated heterocycles. The fourth-order valence-electron chi connectivity index (χ4n) is 3.84. The predicted octanol–water partition coefficient (Wildman–Crippen LogP) is 1.92.